The van der Waals surface area contributed by atoms with Crippen LogP contribution >= 0.6 is 12.2 Å². The predicted octanol–water partition coefficient (Wildman–Crippen LogP) is 2.28. The number of pyridine rings is 1. The number of carbonyl (C=O) groups excluding carboxylic acids is 1. The number of aromatic nitrogens is 1. The van der Waals surface area contributed by atoms with Crippen LogP contribution in [-0.2, 0) is 4.79 Å². The molecule has 21 heavy (non-hydrogen) atoms. The van der Waals surface area contributed by atoms with Crippen LogP contribution in [0, 0.1) is 6.92 Å². The molecular weight excluding hydrogens is 286 g/mol. The third-order valence-electron chi connectivity index (χ3n) is 2.52. The standard InChI is InChI=1S/C15H15N3O2S/c1-11-7-8-13(16-9-11)17-15(21)18-14(19)10-20-12-5-3-2-4-6-12/h2-9H,10H2,1H3,(H2,16,17,18,19,21). The molecule has 0 aliphatic carbocycles. The summed E-state index contributed by atoms with van der Waals surface area (Å²) in [5.74, 6) is 0.880. The molecule has 0 saturated carbocycles. The quantitative estimate of drug-likeness (QED) is 0.848. The monoisotopic (exact) mass is 301 g/mol. The number of hydrogen-bond acceptors (Lipinski definition) is 4. The molecule has 1 aromatic heterocycles. The van der Waals surface area contributed by atoms with Gasteiger partial charge in [0.25, 0.3) is 5.91 Å². The molecule has 0 atom stereocenters. The Kier molecular flexibility index (Phi) is 5.22. The molecule has 0 aliphatic rings. The van der Waals surface area contributed by atoms with Crippen molar-refractivity contribution < 1.29 is 9.53 Å². The molecule has 0 aliphatic heterocycles. The number of hydrogen-bond donors (Lipinski definition) is 2. The van der Waals surface area contributed by atoms with Crippen molar-refractivity contribution in [2.75, 3.05) is 11.9 Å². The number of nitrogens with zero attached hydrogens (tertiary/aromatic N) is 1. The van der Waals surface area contributed by atoms with Gasteiger partial charge in [0.2, 0.25) is 0 Å². The average molecular weight is 301 g/mol. The van der Waals surface area contributed by atoms with Gasteiger partial charge in [0.05, 0.1) is 0 Å². The molecule has 0 saturated heterocycles. The molecule has 2 rings (SSSR count). The van der Waals surface area contributed by atoms with Gasteiger partial charge < -0.3 is 10.1 Å². The summed E-state index contributed by atoms with van der Waals surface area (Å²) in [6.45, 7) is 1.84. The lowest BCUT2D eigenvalue weighted by Crippen LogP contribution is -2.37. The number of rotatable bonds is 4. The number of ether oxygens (including phenoxy) is 1. The van der Waals surface area contributed by atoms with Crippen molar-refractivity contribution in [3.63, 3.8) is 0 Å². The molecule has 0 radical (unpaired) electrons. The molecule has 0 spiro atoms. The van der Waals surface area contributed by atoms with E-state index in [0.717, 1.165) is 5.56 Å². The number of aryl methyl sites for hydroxylation is 1. The summed E-state index contributed by atoms with van der Waals surface area (Å²) < 4.78 is 5.32. The lowest BCUT2D eigenvalue weighted by Gasteiger charge is -2.09. The van der Waals surface area contributed by atoms with E-state index in [1.165, 1.54) is 0 Å². The van der Waals surface area contributed by atoms with Gasteiger partial charge in [0.15, 0.2) is 11.7 Å². The molecule has 1 amide bonds. The van der Waals surface area contributed by atoms with Crippen molar-refractivity contribution in [2.24, 2.45) is 0 Å². The maximum absolute atomic E-state index is 11.7. The Morgan fingerprint density at radius 3 is 2.67 bits per heavy atom. The van der Waals surface area contributed by atoms with E-state index >= 15 is 0 Å². The predicted molar refractivity (Wildman–Crippen MR) is 85.3 cm³/mol. The summed E-state index contributed by atoms with van der Waals surface area (Å²) in [5.41, 5.74) is 1.05. The van der Waals surface area contributed by atoms with Crippen molar-refractivity contribution in [1.82, 2.24) is 10.3 Å². The Morgan fingerprint density at radius 2 is 2.00 bits per heavy atom. The molecule has 2 aromatic rings. The highest BCUT2D eigenvalue weighted by Gasteiger charge is 2.06. The van der Waals surface area contributed by atoms with Gasteiger partial charge in [-0.3, -0.25) is 10.1 Å². The van der Waals surface area contributed by atoms with Gasteiger partial charge in [-0.25, -0.2) is 4.98 Å². The summed E-state index contributed by atoms with van der Waals surface area (Å²) in [4.78, 5) is 15.8. The van der Waals surface area contributed by atoms with Crippen LogP contribution in [0.25, 0.3) is 0 Å². The summed E-state index contributed by atoms with van der Waals surface area (Å²) in [7, 11) is 0. The minimum Gasteiger partial charge on any atom is -0.484 e. The summed E-state index contributed by atoms with van der Waals surface area (Å²) in [6, 6.07) is 12.8. The summed E-state index contributed by atoms with van der Waals surface area (Å²) in [5, 5.41) is 5.55. The molecule has 0 unspecified atom stereocenters. The third-order valence-corrected chi connectivity index (χ3v) is 2.72. The van der Waals surface area contributed by atoms with Crippen molar-refractivity contribution in [3.8, 4) is 5.75 Å². The first-order chi connectivity index (χ1) is 10.1. The second-order valence-electron chi connectivity index (χ2n) is 4.32. The van der Waals surface area contributed by atoms with Crippen LogP contribution in [0.15, 0.2) is 48.7 Å². The van der Waals surface area contributed by atoms with Crippen LogP contribution in [-0.4, -0.2) is 22.6 Å². The van der Waals surface area contributed by atoms with E-state index in [1.54, 1.807) is 24.4 Å². The van der Waals surface area contributed by atoms with E-state index in [1.807, 2.05) is 31.2 Å². The van der Waals surface area contributed by atoms with Crippen LogP contribution in [0.4, 0.5) is 5.82 Å². The number of anilines is 1. The largest absolute Gasteiger partial charge is 0.484 e. The topological polar surface area (TPSA) is 63.2 Å². The number of amides is 1. The number of benzene rings is 1. The van der Waals surface area contributed by atoms with Gasteiger partial charge in [0.1, 0.15) is 11.6 Å². The van der Waals surface area contributed by atoms with E-state index in [9.17, 15) is 4.79 Å². The van der Waals surface area contributed by atoms with E-state index in [4.69, 9.17) is 17.0 Å². The maximum Gasteiger partial charge on any atom is 0.264 e. The average Bonchev–Trinajstić information content (AvgIpc) is 2.48. The molecule has 1 heterocycles. The normalized spacial score (nSPS) is 9.76. The zero-order chi connectivity index (χ0) is 15.1. The second kappa shape index (κ2) is 7.35. The van der Waals surface area contributed by atoms with Gasteiger partial charge in [-0.2, -0.15) is 0 Å². The Balaban J connectivity index is 1.77. The Labute approximate surface area is 128 Å². The fourth-order valence-corrected chi connectivity index (χ4v) is 1.74. The van der Waals surface area contributed by atoms with Crippen LogP contribution in [0.5, 0.6) is 5.75 Å². The van der Waals surface area contributed by atoms with Gasteiger partial charge in [-0.05, 0) is 42.9 Å². The highest BCUT2D eigenvalue weighted by Crippen LogP contribution is 2.07. The lowest BCUT2D eigenvalue weighted by molar-refractivity contribution is -0.121. The summed E-state index contributed by atoms with van der Waals surface area (Å²) in [6.07, 6.45) is 1.71. The Hall–Kier alpha value is -2.47. The highest BCUT2D eigenvalue weighted by molar-refractivity contribution is 7.80. The Bertz CT molecular complexity index is 615. The van der Waals surface area contributed by atoms with E-state index < -0.39 is 0 Å². The minimum atomic E-state index is -0.330. The first-order valence-electron chi connectivity index (χ1n) is 6.35. The number of para-hydroxylation sites is 1. The van der Waals surface area contributed by atoms with Crippen molar-refractivity contribution in [3.05, 3.63) is 54.2 Å². The minimum absolute atomic E-state index is 0.104. The molecular formula is C15H15N3O2S. The van der Waals surface area contributed by atoms with Gasteiger partial charge in [-0.1, -0.05) is 24.3 Å². The zero-order valence-electron chi connectivity index (χ0n) is 11.5. The molecule has 5 nitrogen and oxygen atoms in total. The lowest BCUT2D eigenvalue weighted by atomic mass is 10.3. The SMILES string of the molecule is Cc1ccc(NC(=S)NC(=O)COc2ccccc2)nc1. The third kappa shape index (κ3) is 5.19. The van der Waals surface area contributed by atoms with Crippen LogP contribution in [0.2, 0.25) is 0 Å². The molecule has 0 fully saturated rings. The van der Waals surface area contributed by atoms with E-state index in [2.05, 4.69) is 15.6 Å². The summed E-state index contributed by atoms with van der Waals surface area (Å²) >= 11 is 5.04. The fourth-order valence-electron chi connectivity index (χ4n) is 1.52. The van der Waals surface area contributed by atoms with Crippen molar-refractivity contribution >= 4 is 29.1 Å². The van der Waals surface area contributed by atoms with Crippen molar-refractivity contribution in [2.45, 2.75) is 6.92 Å². The number of nitrogens with one attached hydrogen (secondary N) is 2. The number of carbonyl (C=O) groups is 1. The fraction of sp³-hybridized carbons (Fsp3) is 0.133. The molecule has 0 bridgehead atoms. The van der Waals surface area contributed by atoms with Gasteiger partial charge in [0, 0.05) is 6.20 Å². The first kappa shape index (κ1) is 14.9. The van der Waals surface area contributed by atoms with Gasteiger partial charge >= 0.3 is 0 Å². The van der Waals surface area contributed by atoms with Gasteiger partial charge in [-0.15, -0.1) is 0 Å². The molecule has 108 valence electrons. The molecule has 6 heteroatoms. The first-order valence-corrected chi connectivity index (χ1v) is 6.75. The highest BCUT2D eigenvalue weighted by atomic mass is 32.1. The molecule has 2 N–H and O–H groups in total. The van der Waals surface area contributed by atoms with Crippen LogP contribution < -0.4 is 15.4 Å². The zero-order valence-corrected chi connectivity index (χ0v) is 12.3. The van der Waals surface area contributed by atoms with E-state index in [0.29, 0.717) is 11.6 Å². The van der Waals surface area contributed by atoms with Crippen molar-refractivity contribution in [1.29, 1.82) is 0 Å². The van der Waals surface area contributed by atoms with E-state index in [-0.39, 0.29) is 17.6 Å². The maximum atomic E-state index is 11.7. The van der Waals surface area contributed by atoms with Crippen LogP contribution in [0.3, 0.4) is 0 Å². The second-order valence-corrected chi connectivity index (χ2v) is 4.73. The Morgan fingerprint density at radius 1 is 1.24 bits per heavy atom. The number of thiocarbonyl (C=S) groups is 1. The molecule has 1 aromatic carbocycles. The smallest absolute Gasteiger partial charge is 0.264 e. The van der Waals surface area contributed by atoms with Crippen LogP contribution in [0.1, 0.15) is 5.56 Å².